The molecule has 162 valence electrons. The highest BCUT2D eigenvalue weighted by atomic mass is 31.1. The van der Waals surface area contributed by atoms with Gasteiger partial charge in [-0.2, -0.15) is 0 Å². The maximum Gasteiger partial charge on any atom is 0.0419 e. The number of hydrogen-bond acceptors (Lipinski definition) is 1. The lowest BCUT2D eigenvalue weighted by atomic mass is 9.94. The van der Waals surface area contributed by atoms with Crippen LogP contribution in [-0.4, -0.2) is 4.67 Å². The Kier molecular flexibility index (Phi) is 7.53. The molecule has 0 spiro atoms. The Hall–Kier alpha value is -2.73. The normalized spacial score (nSPS) is 13.4. The molecule has 0 unspecified atom stereocenters. The lowest BCUT2D eigenvalue weighted by Gasteiger charge is -2.44. The maximum absolute atomic E-state index is 2.79. The molecule has 0 radical (unpaired) electrons. The molecule has 0 aromatic heterocycles. The zero-order chi connectivity index (χ0) is 22.3. The molecule has 1 nitrogen and oxygen atoms in total. The van der Waals surface area contributed by atoms with Crippen LogP contribution >= 0.6 is 8.07 Å². The highest BCUT2D eigenvalue weighted by Gasteiger charge is 2.35. The van der Waals surface area contributed by atoms with Gasteiger partial charge in [0.2, 0.25) is 0 Å². The van der Waals surface area contributed by atoms with Gasteiger partial charge in [-0.15, -0.1) is 0 Å². The third-order valence-electron chi connectivity index (χ3n) is 5.97. The van der Waals surface area contributed by atoms with Crippen molar-refractivity contribution < 1.29 is 0 Å². The zero-order valence-electron chi connectivity index (χ0n) is 19.2. The molecule has 0 amide bonds. The second-order valence-corrected chi connectivity index (χ2v) is 10.7. The lowest BCUT2D eigenvalue weighted by molar-refractivity contribution is 0.230. The highest BCUT2D eigenvalue weighted by Crippen LogP contribution is 2.52. The molecular weight excluding hydrogens is 405 g/mol. The molecule has 0 saturated heterocycles. The Labute approximate surface area is 194 Å². The predicted molar refractivity (Wildman–Crippen MR) is 140 cm³/mol. The summed E-state index contributed by atoms with van der Waals surface area (Å²) in [5.74, 6) is 0.459. The molecule has 2 atom stereocenters. The summed E-state index contributed by atoms with van der Waals surface area (Å²) in [7, 11) is -0.739. The number of hydrogen-bond donors (Lipinski definition) is 0. The molecule has 0 fully saturated rings. The second kappa shape index (κ2) is 10.7. The molecule has 0 aliphatic rings. The minimum absolute atomic E-state index is 0.260. The van der Waals surface area contributed by atoms with Crippen molar-refractivity contribution in [1.29, 1.82) is 0 Å². The molecule has 4 aromatic carbocycles. The van der Waals surface area contributed by atoms with E-state index in [9.17, 15) is 0 Å². The average molecular weight is 438 g/mol. The molecule has 0 N–H and O–H groups in total. The Morgan fingerprint density at radius 3 is 1.28 bits per heavy atom. The van der Waals surface area contributed by atoms with Crippen molar-refractivity contribution >= 4 is 18.7 Å². The van der Waals surface area contributed by atoms with Crippen molar-refractivity contribution in [3.8, 4) is 0 Å². The summed E-state index contributed by atoms with van der Waals surface area (Å²) in [6.07, 6.45) is 0. The molecule has 0 saturated carbocycles. The molecule has 2 heteroatoms. The standard InChI is InChI=1S/C30H32NP/c1-24(2)30(27-18-10-5-11-19-27)31(25(3)26-16-8-4-9-17-26)32(28-20-12-6-13-21-28)29-22-14-7-15-23-29/h4-25,30H,1-3H3/t25-,30-/m0/s1. The summed E-state index contributed by atoms with van der Waals surface area (Å²) < 4.78 is 2.79. The third-order valence-corrected chi connectivity index (χ3v) is 8.60. The van der Waals surface area contributed by atoms with Gasteiger partial charge < -0.3 is 0 Å². The number of benzene rings is 4. The SMILES string of the molecule is CC(C)[C@@H](c1ccccc1)N([C@@H](C)c1ccccc1)P(c1ccccc1)c1ccccc1. The molecule has 4 aromatic rings. The van der Waals surface area contributed by atoms with E-state index in [1.54, 1.807) is 0 Å². The van der Waals surface area contributed by atoms with Gasteiger partial charge in [0.1, 0.15) is 0 Å². The molecule has 4 rings (SSSR count). The van der Waals surface area contributed by atoms with Crippen LogP contribution in [0, 0.1) is 5.92 Å². The first-order valence-electron chi connectivity index (χ1n) is 11.4. The first-order chi connectivity index (χ1) is 15.7. The largest absolute Gasteiger partial charge is 0.260 e. The smallest absolute Gasteiger partial charge is 0.0419 e. The fourth-order valence-corrected chi connectivity index (χ4v) is 7.34. The molecular formula is C30H32NP. The van der Waals surface area contributed by atoms with Gasteiger partial charge in [0.25, 0.3) is 0 Å². The van der Waals surface area contributed by atoms with Crippen LogP contribution < -0.4 is 10.6 Å². The van der Waals surface area contributed by atoms with Gasteiger partial charge in [-0.3, -0.25) is 4.67 Å². The predicted octanol–water partition coefficient (Wildman–Crippen LogP) is 7.49. The Morgan fingerprint density at radius 1 is 0.500 bits per heavy atom. The van der Waals surface area contributed by atoms with Crippen LogP contribution in [0.1, 0.15) is 44.0 Å². The van der Waals surface area contributed by atoms with Crippen molar-refractivity contribution in [2.75, 3.05) is 0 Å². The quantitative estimate of drug-likeness (QED) is 0.258. The zero-order valence-corrected chi connectivity index (χ0v) is 20.1. The van der Waals surface area contributed by atoms with Crippen LogP contribution in [0.25, 0.3) is 0 Å². The average Bonchev–Trinajstić information content (AvgIpc) is 2.85. The molecule has 0 heterocycles. The van der Waals surface area contributed by atoms with Crippen LogP contribution in [0.5, 0.6) is 0 Å². The van der Waals surface area contributed by atoms with Crippen molar-refractivity contribution in [3.63, 3.8) is 0 Å². The Balaban J connectivity index is 1.93. The van der Waals surface area contributed by atoms with E-state index in [4.69, 9.17) is 0 Å². The van der Waals surface area contributed by atoms with Crippen LogP contribution in [-0.2, 0) is 0 Å². The van der Waals surface area contributed by atoms with E-state index >= 15 is 0 Å². The Bertz CT molecular complexity index is 1030. The fraction of sp³-hybridized carbons (Fsp3) is 0.200. The van der Waals surface area contributed by atoms with Gasteiger partial charge >= 0.3 is 0 Å². The summed E-state index contributed by atoms with van der Waals surface area (Å²) in [5.41, 5.74) is 2.73. The van der Waals surface area contributed by atoms with Gasteiger partial charge in [-0.1, -0.05) is 135 Å². The highest BCUT2D eigenvalue weighted by molar-refractivity contribution is 7.70. The van der Waals surface area contributed by atoms with Gasteiger partial charge in [0, 0.05) is 20.2 Å². The summed E-state index contributed by atoms with van der Waals surface area (Å²) in [5, 5.41) is 2.77. The summed E-state index contributed by atoms with van der Waals surface area (Å²) in [6.45, 7) is 7.08. The van der Waals surface area contributed by atoms with Crippen molar-refractivity contribution in [2.24, 2.45) is 5.92 Å². The lowest BCUT2D eigenvalue weighted by Crippen LogP contribution is -2.36. The van der Waals surface area contributed by atoms with E-state index in [1.165, 1.54) is 21.7 Å². The topological polar surface area (TPSA) is 3.24 Å². The second-order valence-electron chi connectivity index (χ2n) is 8.55. The van der Waals surface area contributed by atoms with E-state index in [1.807, 2.05) is 0 Å². The van der Waals surface area contributed by atoms with Crippen molar-refractivity contribution in [3.05, 3.63) is 132 Å². The van der Waals surface area contributed by atoms with E-state index < -0.39 is 8.07 Å². The van der Waals surface area contributed by atoms with Gasteiger partial charge in [-0.05, 0) is 34.6 Å². The first-order valence-corrected chi connectivity index (χ1v) is 12.7. The number of nitrogens with zero attached hydrogens (tertiary/aromatic N) is 1. The van der Waals surface area contributed by atoms with Crippen molar-refractivity contribution in [2.45, 2.75) is 32.9 Å². The van der Waals surface area contributed by atoms with E-state index in [2.05, 4.69) is 147 Å². The monoisotopic (exact) mass is 437 g/mol. The van der Waals surface area contributed by atoms with E-state index in [0.717, 1.165) is 0 Å². The molecule has 0 aliphatic heterocycles. The van der Waals surface area contributed by atoms with Crippen LogP contribution in [0.3, 0.4) is 0 Å². The summed E-state index contributed by atoms with van der Waals surface area (Å²) in [6, 6.07) is 44.6. The van der Waals surface area contributed by atoms with Gasteiger partial charge in [-0.25, -0.2) is 0 Å². The molecule has 0 bridgehead atoms. The van der Waals surface area contributed by atoms with Crippen LogP contribution in [0.15, 0.2) is 121 Å². The first kappa shape index (κ1) is 22.5. The minimum Gasteiger partial charge on any atom is -0.260 e. The fourth-order valence-electron chi connectivity index (χ4n) is 4.47. The van der Waals surface area contributed by atoms with Crippen molar-refractivity contribution in [1.82, 2.24) is 4.67 Å². The number of rotatable bonds is 8. The van der Waals surface area contributed by atoms with E-state index in [0.29, 0.717) is 5.92 Å². The minimum atomic E-state index is -0.739. The van der Waals surface area contributed by atoms with Gasteiger partial charge in [0.05, 0.1) is 0 Å². The molecule has 32 heavy (non-hydrogen) atoms. The Morgan fingerprint density at radius 2 is 0.875 bits per heavy atom. The molecule has 0 aliphatic carbocycles. The third kappa shape index (κ3) is 5.01. The van der Waals surface area contributed by atoms with Crippen LogP contribution in [0.4, 0.5) is 0 Å². The summed E-state index contributed by atoms with van der Waals surface area (Å²) >= 11 is 0. The van der Waals surface area contributed by atoms with E-state index in [-0.39, 0.29) is 12.1 Å². The maximum atomic E-state index is 2.79. The van der Waals surface area contributed by atoms with Crippen LogP contribution in [0.2, 0.25) is 0 Å². The van der Waals surface area contributed by atoms with Gasteiger partial charge in [0.15, 0.2) is 0 Å². The summed E-state index contributed by atoms with van der Waals surface area (Å²) in [4.78, 5) is 0.